The highest BCUT2D eigenvalue weighted by Crippen LogP contribution is 2.27. The highest BCUT2D eigenvalue weighted by molar-refractivity contribution is 6.31. The summed E-state index contributed by atoms with van der Waals surface area (Å²) >= 11 is 6.36. The molecule has 1 aromatic carbocycles. The second-order valence-electron chi connectivity index (χ2n) is 5.37. The van der Waals surface area contributed by atoms with E-state index in [1.807, 2.05) is 24.3 Å². The number of furan rings is 1. The molecule has 0 saturated carbocycles. The Morgan fingerprint density at radius 2 is 2.00 bits per heavy atom. The van der Waals surface area contributed by atoms with Gasteiger partial charge in [0.2, 0.25) is 0 Å². The van der Waals surface area contributed by atoms with Crippen LogP contribution in [0.25, 0.3) is 0 Å². The molecule has 6 heteroatoms. The largest absolute Gasteiger partial charge is 0.459 e. The van der Waals surface area contributed by atoms with Crippen LogP contribution in [0.5, 0.6) is 0 Å². The normalized spacial score (nSPS) is 16.9. The number of nitrogens with one attached hydrogen (secondary N) is 1. The zero-order valence-corrected chi connectivity index (χ0v) is 13.5. The van der Waals surface area contributed by atoms with Crippen LogP contribution in [0.1, 0.15) is 22.2 Å². The molecule has 2 heterocycles. The van der Waals surface area contributed by atoms with Gasteiger partial charge in [-0.2, -0.15) is 0 Å². The van der Waals surface area contributed by atoms with E-state index >= 15 is 0 Å². The van der Waals surface area contributed by atoms with Gasteiger partial charge >= 0.3 is 0 Å². The molecule has 1 aliphatic heterocycles. The summed E-state index contributed by atoms with van der Waals surface area (Å²) in [5, 5.41) is 3.64. The maximum absolute atomic E-state index is 12.1. The topological polar surface area (TPSA) is 54.7 Å². The average molecular weight is 335 g/mol. The SMILES string of the molecule is O=C(NC[C@H](c1ccccc1Cl)N1CCOCC1)c1ccco1. The van der Waals surface area contributed by atoms with Gasteiger partial charge in [0, 0.05) is 24.7 Å². The molecule has 122 valence electrons. The smallest absolute Gasteiger partial charge is 0.287 e. The van der Waals surface area contributed by atoms with Crippen LogP contribution in [0.2, 0.25) is 5.02 Å². The Labute approximate surface area is 140 Å². The first-order valence-corrected chi connectivity index (χ1v) is 8.01. The Morgan fingerprint density at radius 1 is 1.22 bits per heavy atom. The molecule has 0 aliphatic carbocycles. The number of morpholine rings is 1. The lowest BCUT2D eigenvalue weighted by Crippen LogP contribution is -2.43. The van der Waals surface area contributed by atoms with E-state index in [0.29, 0.717) is 30.5 Å². The summed E-state index contributed by atoms with van der Waals surface area (Å²) in [5.74, 6) is 0.0881. The Kier molecular flexibility index (Phi) is 5.33. The number of carbonyl (C=O) groups excluding carboxylic acids is 1. The molecule has 23 heavy (non-hydrogen) atoms. The second-order valence-corrected chi connectivity index (χ2v) is 5.78. The van der Waals surface area contributed by atoms with Crippen molar-refractivity contribution < 1.29 is 13.9 Å². The van der Waals surface area contributed by atoms with Gasteiger partial charge in [0.1, 0.15) is 0 Å². The van der Waals surface area contributed by atoms with Gasteiger partial charge in [-0.15, -0.1) is 0 Å². The summed E-state index contributed by atoms with van der Waals surface area (Å²) in [6.07, 6.45) is 1.49. The Bertz CT molecular complexity index is 639. The number of benzene rings is 1. The molecule has 1 aromatic heterocycles. The first-order valence-electron chi connectivity index (χ1n) is 7.63. The van der Waals surface area contributed by atoms with Crippen LogP contribution in [-0.2, 0) is 4.74 Å². The van der Waals surface area contributed by atoms with E-state index in [-0.39, 0.29) is 11.9 Å². The van der Waals surface area contributed by atoms with Crippen molar-refractivity contribution in [2.75, 3.05) is 32.8 Å². The standard InChI is InChI=1S/C17H19ClN2O3/c18-14-5-2-1-4-13(14)15(20-7-10-22-11-8-20)12-19-17(21)16-6-3-9-23-16/h1-6,9,15H,7-8,10-12H2,(H,19,21)/t15-/m1/s1. The Hall–Kier alpha value is -1.82. The van der Waals surface area contributed by atoms with Crippen molar-refractivity contribution in [3.8, 4) is 0 Å². The highest BCUT2D eigenvalue weighted by atomic mass is 35.5. The van der Waals surface area contributed by atoms with Gasteiger partial charge in [-0.1, -0.05) is 29.8 Å². The predicted octanol–water partition coefficient (Wildman–Crippen LogP) is 2.74. The van der Waals surface area contributed by atoms with Crippen LogP contribution >= 0.6 is 11.6 Å². The first kappa shape index (κ1) is 16.1. The Balaban J connectivity index is 1.75. The molecule has 5 nitrogen and oxygen atoms in total. The molecule has 1 saturated heterocycles. The molecule has 2 aromatic rings. The van der Waals surface area contributed by atoms with Crippen molar-refractivity contribution in [3.63, 3.8) is 0 Å². The van der Waals surface area contributed by atoms with Gasteiger partial charge < -0.3 is 14.5 Å². The molecule has 1 atom stereocenters. The van der Waals surface area contributed by atoms with Gasteiger partial charge in [0.05, 0.1) is 25.5 Å². The summed E-state index contributed by atoms with van der Waals surface area (Å²) < 4.78 is 10.6. The summed E-state index contributed by atoms with van der Waals surface area (Å²) in [7, 11) is 0. The van der Waals surface area contributed by atoms with Gasteiger partial charge in [-0.05, 0) is 23.8 Å². The minimum absolute atomic E-state index is 0.00603. The summed E-state index contributed by atoms with van der Waals surface area (Å²) in [6.45, 7) is 3.46. The molecule has 0 spiro atoms. The van der Waals surface area contributed by atoms with Crippen molar-refractivity contribution in [3.05, 3.63) is 59.0 Å². The third-order valence-corrected chi connectivity index (χ3v) is 4.30. The lowest BCUT2D eigenvalue weighted by Gasteiger charge is -2.35. The predicted molar refractivity (Wildman–Crippen MR) is 87.6 cm³/mol. The van der Waals surface area contributed by atoms with Crippen LogP contribution in [0.15, 0.2) is 47.1 Å². The number of halogens is 1. The van der Waals surface area contributed by atoms with Crippen LogP contribution in [0.3, 0.4) is 0 Å². The van der Waals surface area contributed by atoms with Crippen LogP contribution in [-0.4, -0.2) is 43.7 Å². The molecular formula is C17H19ClN2O3. The molecule has 3 rings (SSSR count). The molecule has 0 bridgehead atoms. The first-order chi connectivity index (χ1) is 11.3. The van der Waals surface area contributed by atoms with Crippen LogP contribution in [0.4, 0.5) is 0 Å². The van der Waals surface area contributed by atoms with E-state index in [4.69, 9.17) is 20.8 Å². The van der Waals surface area contributed by atoms with Crippen molar-refractivity contribution in [1.82, 2.24) is 10.2 Å². The quantitative estimate of drug-likeness (QED) is 0.913. The monoisotopic (exact) mass is 334 g/mol. The van der Waals surface area contributed by atoms with Crippen LogP contribution in [0, 0.1) is 0 Å². The number of hydrogen-bond donors (Lipinski definition) is 1. The maximum atomic E-state index is 12.1. The molecule has 1 amide bonds. The van der Waals surface area contributed by atoms with E-state index in [1.165, 1.54) is 6.26 Å². The van der Waals surface area contributed by atoms with E-state index in [1.54, 1.807) is 12.1 Å². The highest BCUT2D eigenvalue weighted by Gasteiger charge is 2.25. The molecule has 1 N–H and O–H groups in total. The zero-order chi connectivity index (χ0) is 16.1. The molecule has 1 aliphatic rings. The molecule has 0 unspecified atom stereocenters. The van der Waals surface area contributed by atoms with Crippen molar-refractivity contribution >= 4 is 17.5 Å². The van der Waals surface area contributed by atoms with Gasteiger partial charge in [0.15, 0.2) is 5.76 Å². The van der Waals surface area contributed by atoms with E-state index < -0.39 is 0 Å². The molecule has 1 fully saturated rings. The zero-order valence-electron chi connectivity index (χ0n) is 12.7. The number of hydrogen-bond acceptors (Lipinski definition) is 4. The van der Waals surface area contributed by atoms with Crippen molar-refractivity contribution in [2.45, 2.75) is 6.04 Å². The van der Waals surface area contributed by atoms with E-state index in [9.17, 15) is 4.79 Å². The fraction of sp³-hybridized carbons (Fsp3) is 0.353. The van der Waals surface area contributed by atoms with Crippen molar-refractivity contribution in [1.29, 1.82) is 0 Å². The van der Waals surface area contributed by atoms with E-state index in [0.717, 1.165) is 18.7 Å². The number of carbonyl (C=O) groups is 1. The lowest BCUT2D eigenvalue weighted by molar-refractivity contribution is 0.0162. The summed E-state index contributed by atoms with van der Waals surface area (Å²) in [5.41, 5.74) is 1.01. The third-order valence-electron chi connectivity index (χ3n) is 3.95. The van der Waals surface area contributed by atoms with Gasteiger partial charge in [-0.25, -0.2) is 0 Å². The maximum Gasteiger partial charge on any atom is 0.287 e. The summed E-state index contributed by atoms with van der Waals surface area (Å²) in [6, 6.07) is 11.1. The fourth-order valence-electron chi connectivity index (χ4n) is 2.75. The number of nitrogens with zero attached hydrogens (tertiary/aromatic N) is 1. The second kappa shape index (κ2) is 7.64. The number of ether oxygens (including phenoxy) is 1. The Morgan fingerprint density at radius 3 is 2.70 bits per heavy atom. The third kappa shape index (κ3) is 3.93. The number of amides is 1. The number of rotatable bonds is 5. The van der Waals surface area contributed by atoms with E-state index in [2.05, 4.69) is 10.2 Å². The lowest BCUT2D eigenvalue weighted by atomic mass is 10.0. The fourth-order valence-corrected chi connectivity index (χ4v) is 3.02. The summed E-state index contributed by atoms with van der Waals surface area (Å²) in [4.78, 5) is 14.4. The van der Waals surface area contributed by atoms with Gasteiger partial charge in [-0.3, -0.25) is 9.69 Å². The minimum atomic E-state index is -0.222. The minimum Gasteiger partial charge on any atom is -0.459 e. The molecule has 0 radical (unpaired) electrons. The van der Waals surface area contributed by atoms with Crippen molar-refractivity contribution in [2.24, 2.45) is 0 Å². The van der Waals surface area contributed by atoms with Crippen LogP contribution < -0.4 is 5.32 Å². The average Bonchev–Trinajstić information content (AvgIpc) is 3.12. The van der Waals surface area contributed by atoms with Gasteiger partial charge in [0.25, 0.3) is 5.91 Å². The molecular weight excluding hydrogens is 316 g/mol.